The van der Waals surface area contributed by atoms with E-state index in [0.717, 1.165) is 5.69 Å². The van der Waals surface area contributed by atoms with Gasteiger partial charge in [-0.05, 0) is 33.8 Å². The monoisotopic (exact) mass is 238 g/mol. The van der Waals surface area contributed by atoms with Gasteiger partial charge in [-0.15, -0.1) is 0 Å². The van der Waals surface area contributed by atoms with E-state index in [1.807, 2.05) is 20.8 Å². The minimum atomic E-state index is -0.498. The quantitative estimate of drug-likeness (QED) is 0.744. The minimum Gasteiger partial charge on any atom is -0.460 e. The largest absolute Gasteiger partial charge is 0.460 e. The molecular formula is C12H18N2O3. The van der Waals surface area contributed by atoms with Gasteiger partial charge in [-0.25, -0.2) is 4.68 Å². The lowest BCUT2D eigenvalue weighted by Crippen LogP contribution is -2.27. The maximum Gasteiger partial charge on any atom is 0.308 e. The molecule has 1 heterocycles. The van der Waals surface area contributed by atoms with Crippen molar-refractivity contribution in [3.8, 4) is 0 Å². The van der Waals surface area contributed by atoms with Crippen molar-refractivity contribution in [3.05, 3.63) is 28.2 Å². The standard InChI is InChI=1S/C12H18N2O3/c1-9-5-6-10(15)14(13-9)8-7-11(16)17-12(2,3)4/h5-6H,7-8H2,1-4H3. The van der Waals surface area contributed by atoms with Gasteiger partial charge in [0.15, 0.2) is 0 Å². The molecule has 0 amide bonds. The van der Waals surface area contributed by atoms with Crippen LogP contribution in [0.5, 0.6) is 0 Å². The predicted octanol–water partition coefficient (Wildman–Crippen LogP) is 1.28. The molecule has 5 nitrogen and oxygen atoms in total. The van der Waals surface area contributed by atoms with Crippen LogP contribution in [0.2, 0.25) is 0 Å². The second-order valence-corrected chi connectivity index (χ2v) is 4.87. The van der Waals surface area contributed by atoms with E-state index in [0.29, 0.717) is 0 Å². The maximum absolute atomic E-state index is 11.5. The summed E-state index contributed by atoms with van der Waals surface area (Å²) in [5.41, 5.74) is 0.0372. The smallest absolute Gasteiger partial charge is 0.308 e. The zero-order valence-electron chi connectivity index (χ0n) is 10.7. The van der Waals surface area contributed by atoms with Gasteiger partial charge in [0.1, 0.15) is 5.60 Å². The van der Waals surface area contributed by atoms with Gasteiger partial charge in [-0.3, -0.25) is 9.59 Å². The SMILES string of the molecule is Cc1ccc(=O)n(CCC(=O)OC(C)(C)C)n1. The molecule has 0 atom stereocenters. The lowest BCUT2D eigenvalue weighted by atomic mass is 10.2. The average molecular weight is 238 g/mol. The van der Waals surface area contributed by atoms with E-state index < -0.39 is 5.60 Å². The molecule has 0 fully saturated rings. The van der Waals surface area contributed by atoms with Crippen molar-refractivity contribution in [3.63, 3.8) is 0 Å². The maximum atomic E-state index is 11.5. The molecule has 0 spiro atoms. The number of ether oxygens (including phenoxy) is 1. The lowest BCUT2D eigenvalue weighted by molar-refractivity contribution is -0.155. The third kappa shape index (κ3) is 4.80. The van der Waals surface area contributed by atoms with E-state index in [-0.39, 0.29) is 24.5 Å². The summed E-state index contributed by atoms with van der Waals surface area (Å²) in [5, 5.41) is 4.04. The Morgan fingerprint density at radius 2 is 2.06 bits per heavy atom. The first-order valence-electron chi connectivity index (χ1n) is 5.54. The first kappa shape index (κ1) is 13.4. The van der Waals surface area contributed by atoms with Gasteiger partial charge in [0, 0.05) is 6.07 Å². The van der Waals surface area contributed by atoms with E-state index in [1.165, 1.54) is 10.7 Å². The average Bonchev–Trinajstić information content (AvgIpc) is 2.17. The van der Waals surface area contributed by atoms with Crippen LogP contribution in [0.25, 0.3) is 0 Å². The molecule has 1 rings (SSSR count). The molecule has 0 aromatic carbocycles. The van der Waals surface area contributed by atoms with E-state index in [9.17, 15) is 9.59 Å². The number of nitrogens with zero attached hydrogens (tertiary/aromatic N) is 2. The van der Waals surface area contributed by atoms with Crippen LogP contribution >= 0.6 is 0 Å². The Labute approximate surface area is 100 Å². The summed E-state index contributed by atoms with van der Waals surface area (Å²) in [5.74, 6) is -0.326. The third-order valence-electron chi connectivity index (χ3n) is 1.95. The van der Waals surface area contributed by atoms with Crippen molar-refractivity contribution in [2.45, 2.75) is 46.3 Å². The van der Waals surface area contributed by atoms with Crippen LogP contribution in [0, 0.1) is 6.92 Å². The molecule has 0 unspecified atom stereocenters. The molecule has 17 heavy (non-hydrogen) atoms. The van der Waals surface area contributed by atoms with Gasteiger partial charge in [0.2, 0.25) is 0 Å². The van der Waals surface area contributed by atoms with Crippen LogP contribution in [0.4, 0.5) is 0 Å². The van der Waals surface area contributed by atoms with Gasteiger partial charge >= 0.3 is 5.97 Å². The number of hydrogen-bond donors (Lipinski definition) is 0. The predicted molar refractivity (Wildman–Crippen MR) is 63.7 cm³/mol. The summed E-state index contributed by atoms with van der Waals surface area (Å²) >= 11 is 0. The van der Waals surface area contributed by atoms with Gasteiger partial charge in [-0.1, -0.05) is 0 Å². The summed E-state index contributed by atoms with van der Waals surface area (Å²) in [6.07, 6.45) is 0.146. The molecule has 0 saturated carbocycles. The highest BCUT2D eigenvalue weighted by Crippen LogP contribution is 2.08. The zero-order valence-corrected chi connectivity index (χ0v) is 10.7. The van der Waals surface area contributed by atoms with Crippen molar-refractivity contribution in [1.29, 1.82) is 0 Å². The minimum absolute atomic E-state index is 0.146. The molecular weight excluding hydrogens is 220 g/mol. The molecule has 0 saturated heterocycles. The molecule has 5 heteroatoms. The van der Waals surface area contributed by atoms with E-state index in [1.54, 1.807) is 13.0 Å². The number of esters is 1. The van der Waals surface area contributed by atoms with Crippen LogP contribution in [-0.4, -0.2) is 21.4 Å². The summed E-state index contributed by atoms with van der Waals surface area (Å²) in [6, 6.07) is 3.09. The topological polar surface area (TPSA) is 61.2 Å². The summed E-state index contributed by atoms with van der Waals surface area (Å²) < 4.78 is 6.42. The van der Waals surface area contributed by atoms with E-state index in [2.05, 4.69) is 5.10 Å². The van der Waals surface area contributed by atoms with Crippen LogP contribution in [0.15, 0.2) is 16.9 Å². The van der Waals surface area contributed by atoms with Crippen LogP contribution < -0.4 is 5.56 Å². The zero-order chi connectivity index (χ0) is 13.1. The van der Waals surface area contributed by atoms with E-state index >= 15 is 0 Å². The lowest BCUT2D eigenvalue weighted by Gasteiger charge is -2.19. The Balaban J connectivity index is 2.59. The number of carbonyl (C=O) groups excluding carboxylic acids is 1. The highest BCUT2D eigenvalue weighted by atomic mass is 16.6. The highest BCUT2D eigenvalue weighted by molar-refractivity contribution is 5.69. The van der Waals surface area contributed by atoms with E-state index in [4.69, 9.17) is 4.74 Å². The summed E-state index contributed by atoms with van der Waals surface area (Å²) in [7, 11) is 0. The van der Waals surface area contributed by atoms with Crippen molar-refractivity contribution in [2.75, 3.05) is 0 Å². The molecule has 0 aliphatic rings. The Kier molecular flexibility index (Phi) is 4.04. The molecule has 94 valence electrons. The number of aryl methyl sites for hydroxylation is 2. The summed E-state index contributed by atoms with van der Waals surface area (Å²) in [4.78, 5) is 22.9. The number of hydrogen-bond acceptors (Lipinski definition) is 4. The van der Waals surface area contributed by atoms with Crippen LogP contribution in [-0.2, 0) is 16.1 Å². The molecule has 0 radical (unpaired) electrons. The van der Waals surface area contributed by atoms with Crippen LogP contribution in [0.1, 0.15) is 32.9 Å². The molecule has 1 aromatic heterocycles. The number of carbonyl (C=O) groups is 1. The van der Waals surface area contributed by atoms with Crippen LogP contribution in [0.3, 0.4) is 0 Å². The van der Waals surface area contributed by atoms with Crippen molar-refractivity contribution in [1.82, 2.24) is 9.78 Å². The Hall–Kier alpha value is -1.65. The molecule has 0 aliphatic carbocycles. The fraction of sp³-hybridized carbons (Fsp3) is 0.583. The van der Waals surface area contributed by atoms with Gasteiger partial charge in [0.05, 0.1) is 18.7 Å². The molecule has 0 N–H and O–H groups in total. The summed E-state index contributed by atoms with van der Waals surface area (Å²) in [6.45, 7) is 7.46. The normalized spacial score (nSPS) is 11.3. The van der Waals surface area contributed by atoms with Crippen molar-refractivity contribution >= 4 is 5.97 Å². The second-order valence-electron chi connectivity index (χ2n) is 4.87. The van der Waals surface area contributed by atoms with Gasteiger partial charge in [0.25, 0.3) is 5.56 Å². The first-order valence-corrected chi connectivity index (χ1v) is 5.54. The highest BCUT2D eigenvalue weighted by Gasteiger charge is 2.16. The second kappa shape index (κ2) is 5.12. The van der Waals surface area contributed by atoms with Crippen molar-refractivity contribution in [2.24, 2.45) is 0 Å². The van der Waals surface area contributed by atoms with Crippen molar-refractivity contribution < 1.29 is 9.53 Å². The Morgan fingerprint density at radius 1 is 1.41 bits per heavy atom. The number of rotatable bonds is 3. The third-order valence-corrected chi connectivity index (χ3v) is 1.95. The fourth-order valence-electron chi connectivity index (χ4n) is 1.30. The molecule has 1 aromatic rings. The van der Waals surface area contributed by atoms with Gasteiger partial charge < -0.3 is 4.74 Å². The fourth-order valence-corrected chi connectivity index (χ4v) is 1.30. The first-order chi connectivity index (χ1) is 7.78. The Bertz CT molecular complexity index is 458. The number of aromatic nitrogens is 2. The molecule has 0 aliphatic heterocycles. The Morgan fingerprint density at radius 3 is 2.65 bits per heavy atom. The van der Waals surface area contributed by atoms with Gasteiger partial charge in [-0.2, -0.15) is 5.10 Å². The molecule has 0 bridgehead atoms.